The fourth-order valence-electron chi connectivity index (χ4n) is 2.93. The van der Waals surface area contributed by atoms with Crippen LogP contribution in [0.3, 0.4) is 0 Å². The second-order valence-corrected chi connectivity index (χ2v) is 4.94. The molecule has 4 heteroatoms. The van der Waals surface area contributed by atoms with E-state index in [9.17, 15) is 9.90 Å². The Kier molecular flexibility index (Phi) is 2.65. The molecule has 0 atom stereocenters. The lowest BCUT2D eigenvalue weighted by Crippen LogP contribution is -2.44. The van der Waals surface area contributed by atoms with Gasteiger partial charge in [0.05, 0.1) is 5.97 Å². The lowest BCUT2D eigenvalue weighted by molar-refractivity contribution is -0.313. The zero-order valence-corrected chi connectivity index (χ0v) is 10.1. The Labute approximate surface area is 106 Å². The molecule has 0 bridgehead atoms. The highest BCUT2D eigenvalue weighted by atomic mass is 16.6. The van der Waals surface area contributed by atoms with E-state index >= 15 is 0 Å². The van der Waals surface area contributed by atoms with E-state index in [4.69, 9.17) is 9.47 Å². The van der Waals surface area contributed by atoms with Gasteiger partial charge in [0, 0.05) is 5.41 Å². The van der Waals surface area contributed by atoms with E-state index in [2.05, 4.69) is 0 Å². The predicted octanol–water partition coefficient (Wildman–Crippen LogP) is 1.02. The van der Waals surface area contributed by atoms with Gasteiger partial charge in [-0.15, -0.1) is 0 Å². The minimum atomic E-state index is -0.975. The summed E-state index contributed by atoms with van der Waals surface area (Å²) in [7, 11) is 0. The standard InChI is InChI=1S/C14H16O4/c15-13(16)14(5-1-2-6-14)10-3-4-11-12(9-10)18-8-7-17-11/h3-4,9H,1-2,5-8H2,(H,15,16)/p-1. The van der Waals surface area contributed by atoms with Crippen molar-refractivity contribution in [2.75, 3.05) is 13.2 Å². The molecule has 1 heterocycles. The molecular weight excluding hydrogens is 232 g/mol. The lowest BCUT2D eigenvalue weighted by Gasteiger charge is -2.31. The van der Waals surface area contributed by atoms with Crippen LogP contribution in [0.1, 0.15) is 31.2 Å². The Morgan fingerprint density at radius 2 is 1.78 bits per heavy atom. The number of carbonyl (C=O) groups excluding carboxylic acids is 1. The number of aliphatic carboxylic acids is 1. The molecule has 1 aliphatic heterocycles. The number of carbonyl (C=O) groups is 1. The van der Waals surface area contributed by atoms with Crippen LogP contribution in [0.2, 0.25) is 0 Å². The van der Waals surface area contributed by atoms with Crippen LogP contribution in [0, 0.1) is 0 Å². The minimum Gasteiger partial charge on any atom is -0.549 e. The molecule has 0 amide bonds. The van der Waals surface area contributed by atoms with E-state index in [0.717, 1.165) is 18.4 Å². The molecule has 0 unspecified atom stereocenters. The predicted molar refractivity (Wildman–Crippen MR) is 62.6 cm³/mol. The van der Waals surface area contributed by atoms with Gasteiger partial charge in [0.25, 0.3) is 0 Å². The van der Waals surface area contributed by atoms with Gasteiger partial charge in [0.15, 0.2) is 11.5 Å². The molecule has 1 aromatic carbocycles. The molecule has 0 aromatic heterocycles. The second kappa shape index (κ2) is 4.19. The van der Waals surface area contributed by atoms with Gasteiger partial charge in [-0.25, -0.2) is 0 Å². The topological polar surface area (TPSA) is 58.6 Å². The monoisotopic (exact) mass is 247 g/mol. The largest absolute Gasteiger partial charge is 0.549 e. The summed E-state index contributed by atoms with van der Waals surface area (Å²) in [6, 6.07) is 5.43. The first-order valence-electron chi connectivity index (χ1n) is 6.34. The Balaban J connectivity index is 2.02. The number of hydrogen-bond acceptors (Lipinski definition) is 4. The maximum atomic E-state index is 11.5. The van der Waals surface area contributed by atoms with Gasteiger partial charge >= 0.3 is 0 Å². The maximum absolute atomic E-state index is 11.5. The molecule has 1 saturated carbocycles. The average Bonchev–Trinajstić information content (AvgIpc) is 2.89. The van der Waals surface area contributed by atoms with Crippen LogP contribution in [0.4, 0.5) is 0 Å². The van der Waals surface area contributed by atoms with Crippen molar-refractivity contribution >= 4 is 5.97 Å². The maximum Gasteiger partial charge on any atom is 0.161 e. The molecule has 0 saturated heterocycles. The summed E-state index contributed by atoms with van der Waals surface area (Å²) >= 11 is 0. The van der Waals surface area contributed by atoms with Crippen molar-refractivity contribution in [2.45, 2.75) is 31.1 Å². The molecule has 1 aliphatic carbocycles. The average molecular weight is 247 g/mol. The van der Waals surface area contributed by atoms with Crippen molar-refractivity contribution in [3.8, 4) is 11.5 Å². The van der Waals surface area contributed by atoms with Crippen LogP contribution < -0.4 is 14.6 Å². The van der Waals surface area contributed by atoms with Crippen LogP contribution in [0.5, 0.6) is 11.5 Å². The van der Waals surface area contributed by atoms with Gasteiger partial charge < -0.3 is 19.4 Å². The third-order valence-electron chi connectivity index (χ3n) is 3.94. The molecule has 2 aliphatic rings. The summed E-state index contributed by atoms with van der Waals surface area (Å²) in [5, 5.41) is 11.5. The molecule has 4 nitrogen and oxygen atoms in total. The van der Waals surface area contributed by atoms with Gasteiger partial charge in [0.2, 0.25) is 0 Å². The summed E-state index contributed by atoms with van der Waals surface area (Å²) in [6.45, 7) is 1.05. The molecule has 0 spiro atoms. The van der Waals surface area contributed by atoms with Crippen LogP contribution in [0.25, 0.3) is 0 Å². The lowest BCUT2D eigenvalue weighted by atomic mass is 9.79. The highest BCUT2D eigenvalue weighted by Crippen LogP contribution is 2.43. The van der Waals surface area contributed by atoms with Gasteiger partial charge in [-0.2, -0.15) is 0 Å². The van der Waals surface area contributed by atoms with Crippen LogP contribution in [-0.2, 0) is 10.2 Å². The van der Waals surface area contributed by atoms with Crippen molar-refractivity contribution in [2.24, 2.45) is 0 Å². The second-order valence-electron chi connectivity index (χ2n) is 4.94. The summed E-state index contributed by atoms with van der Waals surface area (Å²) < 4.78 is 11.0. The Hall–Kier alpha value is -1.71. The molecule has 1 fully saturated rings. The first kappa shape index (κ1) is 11.4. The Morgan fingerprint density at radius 1 is 1.11 bits per heavy atom. The van der Waals surface area contributed by atoms with Gasteiger partial charge in [-0.3, -0.25) is 0 Å². The summed E-state index contributed by atoms with van der Waals surface area (Å²) in [5.74, 6) is 0.361. The van der Waals surface area contributed by atoms with Crippen molar-refractivity contribution in [1.29, 1.82) is 0 Å². The number of benzene rings is 1. The fourth-order valence-corrected chi connectivity index (χ4v) is 2.93. The van der Waals surface area contributed by atoms with E-state index < -0.39 is 11.4 Å². The van der Waals surface area contributed by atoms with Crippen LogP contribution in [0.15, 0.2) is 18.2 Å². The molecule has 18 heavy (non-hydrogen) atoms. The minimum absolute atomic E-state index is 0.509. The summed E-state index contributed by atoms with van der Waals surface area (Å²) in [4.78, 5) is 11.5. The zero-order chi connectivity index (χ0) is 12.6. The number of carboxylic acids is 1. The third-order valence-corrected chi connectivity index (χ3v) is 3.94. The normalized spacial score (nSPS) is 20.7. The SMILES string of the molecule is O=C([O-])C1(c2ccc3c(c2)OCCO3)CCCC1. The zero-order valence-electron chi connectivity index (χ0n) is 10.1. The molecular formula is C14H15O4-. The molecule has 0 radical (unpaired) electrons. The summed E-state index contributed by atoms with van der Waals surface area (Å²) in [5.41, 5.74) is -0.0558. The van der Waals surface area contributed by atoms with Gasteiger partial charge in [-0.1, -0.05) is 18.9 Å². The van der Waals surface area contributed by atoms with Gasteiger partial charge in [-0.05, 0) is 30.5 Å². The first-order valence-corrected chi connectivity index (χ1v) is 6.34. The number of ether oxygens (including phenoxy) is 2. The smallest absolute Gasteiger partial charge is 0.161 e. The van der Waals surface area contributed by atoms with Crippen molar-refractivity contribution in [3.63, 3.8) is 0 Å². The quantitative estimate of drug-likeness (QED) is 0.783. The Morgan fingerprint density at radius 3 is 2.44 bits per heavy atom. The van der Waals surface area contributed by atoms with Crippen molar-refractivity contribution in [3.05, 3.63) is 23.8 Å². The molecule has 96 valence electrons. The molecule has 0 N–H and O–H groups in total. The highest BCUT2D eigenvalue weighted by molar-refractivity contribution is 5.80. The van der Waals surface area contributed by atoms with E-state index in [1.807, 2.05) is 6.07 Å². The van der Waals surface area contributed by atoms with Crippen LogP contribution in [-0.4, -0.2) is 19.2 Å². The summed E-state index contributed by atoms with van der Waals surface area (Å²) in [6.07, 6.45) is 3.16. The number of rotatable bonds is 2. The van der Waals surface area contributed by atoms with Crippen LogP contribution >= 0.6 is 0 Å². The number of fused-ring (bicyclic) bond motifs is 1. The van der Waals surface area contributed by atoms with E-state index in [-0.39, 0.29) is 0 Å². The molecule has 3 rings (SSSR count). The van der Waals surface area contributed by atoms with E-state index in [1.165, 1.54) is 0 Å². The number of carboxylic acid groups (broad SMARTS) is 1. The van der Waals surface area contributed by atoms with Crippen molar-refractivity contribution in [1.82, 2.24) is 0 Å². The first-order chi connectivity index (χ1) is 8.72. The number of hydrogen-bond donors (Lipinski definition) is 0. The highest BCUT2D eigenvalue weighted by Gasteiger charge is 2.37. The third kappa shape index (κ3) is 1.64. The molecule has 1 aromatic rings. The van der Waals surface area contributed by atoms with Crippen molar-refractivity contribution < 1.29 is 19.4 Å². The Bertz CT molecular complexity index is 475. The van der Waals surface area contributed by atoms with Gasteiger partial charge in [0.1, 0.15) is 13.2 Å². The van der Waals surface area contributed by atoms with E-state index in [1.54, 1.807) is 12.1 Å². The van der Waals surface area contributed by atoms with E-state index in [0.29, 0.717) is 37.6 Å². The fraction of sp³-hybridized carbons (Fsp3) is 0.500.